The van der Waals surface area contributed by atoms with Gasteiger partial charge in [-0.15, -0.1) is 0 Å². The second-order valence-electron chi connectivity index (χ2n) is 8.51. The van der Waals surface area contributed by atoms with E-state index in [0.717, 1.165) is 55.3 Å². The third kappa shape index (κ3) is 4.02. The molecule has 2 aliphatic rings. The molecule has 3 aromatic carbocycles. The second-order valence-corrected chi connectivity index (χ2v) is 10.2. The lowest BCUT2D eigenvalue weighted by Crippen LogP contribution is -2.35. The Morgan fingerprint density at radius 3 is 2.34 bits per heavy atom. The van der Waals surface area contributed by atoms with Gasteiger partial charge in [0.25, 0.3) is 15.9 Å². The lowest BCUT2D eigenvalue weighted by molar-refractivity contribution is 0.0985. The highest BCUT2D eigenvalue weighted by molar-refractivity contribution is 7.92. The Balaban J connectivity index is 1.40. The number of rotatable bonds is 4. The highest BCUT2D eigenvalue weighted by atomic mass is 32.2. The van der Waals surface area contributed by atoms with E-state index in [-0.39, 0.29) is 5.91 Å². The molecule has 6 heteroatoms. The molecule has 5 rings (SSSR count). The summed E-state index contributed by atoms with van der Waals surface area (Å²) in [4.78, 5) is 15.1. The quantitative estimate of drug-likeness (QED) is 0.616. The molecule has 0 spiro atoms. The van der Waals surface area contributed by atoms with Crippen LogP contribution in [0.15, 0.2) is 71.6 Å². The molecule has 5 nitrogen and oxygen atoms in total. The van der Waals surface area contributed by atoms with E-state index < -0.39 is 10.0 Å². The van der Waals surface area contributed by atoms with Crippen LogP contribution in [-0.4, -0.2) is 20.9 Å². The van der Waals surface area contributed by atoms with Crippen molar-refractivity contribution in [2.45, 2.75) is 43.4 Å². The standard InChI is InChI=1S/C26H26N2O3S/c29-26(20-8-2-1-3-9-20)28-16-6-11-22-17-23(13-15-25(22)28)27-32(30,31)24-14-12-19-7-4-5-10-21(19)18-24/h1-3,8-9,12-15,17-18,27H,4-7,10-11,16H2. The number of nitrogens with one attached hydrogen (secondary N) is 1. The normalized spacial score (nSPS) is 15.6. The predicted molar refractivity (Wildman–Crippen MR) is 127 cm³/mol. The van der Waals surface area contributed by atoms with Gasteiger partial charge in [-0.25, -0.2) is 8.42 Å². The number of anilines is 2. The molecule has 1 N–H and O–H groups in total. The summed E-state index contributed by atoms with van der Waals surface area (Å²) in [5.41, 5.74) is 5.40. The number of carbonyl (C=O) groups is 1. The molecule has 1 heterocycles. The van der Waals surface area contributed by atoms with E-state index in [9.17, 15) is 13.2 Å². The average molecular weight is 447 g/mol. The van der Waals surface area contributed by atoms with Crippen LogP contribution in [0.3, 0.4) is 0 Å². The first-order valence-electron chi connectivity index (χ1n) is 11.2. The number of carbonyl (C=O) groups excluding carboxylic acids is 1. The number of amides is 1. The monoisotopic (exact) mass is 446 g/mol. The largest absolute Gasteiger partial charge is 0.308 e. The van der Waals surface area contributed by atoms with Crippen molar-refractivity contribution in [1.29, 1.82) is 0 Å². The van der Waals surface area contributed by atoms with Crippen LogP contribution in [0.5, 0.6) is 0 Å². The van der Waals surface area contributed by atoms with Crippen molar-refractivity contribution in [3.05, 3.63) is 89.0 Å². The minimum Gasteiger partial charge on any atom is -0.308 e. The van der Waals surface area contributed by atoms with E-state index in [0.29, 0.717) is 22.7 Å². The van der Waals surface area contributed by atoms with Crippen LogP contribution in [0.1, 0.15) is 46.3 Å². The first-order valence-corrected chi connectivity index (χ1v) is 12.6. The average Bonchev–Trinajstić information content (AvgIpc) is 2.83. The van der Waals surface area contributed by atoms with Gasteiger partial charge in [0.1, 0.15) is 0 Å². The number of nitrogens with zero attached hydrogens (tertiary/aromatic N) is 1. The van der Waals surface area contributed by atoms with E-state index >= 15 is 0 Å². The molecule has 1 aliphatic carbocycles. The van der Waals surface area contributed by atoms with E-state index in [1.54, 1.807) is 17.0 Å². The molecule has 0 bridgehead atoms. The van der Waals surface area contributed by atoms with Crippen LogP contribution < -0.4 is 9.62 Å². The molecule has 0 unspecified atom stereocenters. The summed E-state index contributed by atoms with van der Waals surface area (Å²) in [7, 11) is -3.68. The van der Waals surface area contributed by atoms with Crippen molar-refractivity contribution in [2.24, 2.45) is 0 Å². The maximum atomic E-state index is 13.0. The highest BCUT2D eigenvalue weighted by Crippen LogP contribution is 2.32. The lowest BCUT2D eigenvalue weighted by Gasteiger charge is -2.30. The molecule has 164 valence electrons. The van der Waals surface area contributed by atoms with Crippen molar-refractivity contribution in [2.75, 3.05) is 16.2 Å². The molecule has 0 radical (unpaired) electrons. The van der Waals surface area contributed by atoms with Gasteiger partial charge in [0.2, 0.25) is 0 Å². The van der Waals surface area contributed by atoms with Crippen LogP contribution in [0.25, 0.3) is 0 Å². The minimum absolute atomic E-state index is 0.0334. The maximum Gasteiger partial charge on any atom is 0.261 e. The number of fused-ring (bicyclic) bond motifs is 2. The highest BCUT2D eigenvalue weighted by Gasteiger charge is 2.25. The third-order valence-corrected chi connectivity index (χ3v) is 7.73. The predicted octanol–water partition coefficient (Wildman–Crippen LogP) is 4.96. The number of aryl methyl sites for hydroxylation is 3. The summed E-state index contributed by atoms with van der Waals surface area (Å²) >= 11 is 0. The third-order valence-electron chi connectivity index (χ3n) is 6.35. The summed E-state index contributed by atoms with van der Waals surface area (Å²) < 4.78 is 28.8. The fourth-order valence-corrected chi connectivity index (χ4v) is 5.80. The van der Waals surface area contributed by atoms with Gasteiger partial charge in [-0.2, -0.15) is 0 Å². The van der Waals surface area contributed by atoms with E-state index in [1.165, 1.54) is 5.56 Å². The zero-order valence-corrected chi connectivity index (χ0v) is 18.7. The second kappa shape index (κ2) is 8.43. The summed E-state index contributed by atoms with van der Waals surface area (Å²) in [6.07, 6.45) is 5.87. The molecule has 0 saturated carbocycles. The van der Waals surface area contributed by atoms with Crippen LogP contribution in [0.4, 0.5) is 11.4 Å². The first-order chi connectivity index (χ1) is 15.5. The summed E-state index contributed by atoms with van der Waals surface area (Å²) in [6, 6.07) is 20.1. The van der Waals surface area contributed by atoms with Crippen molar-refractivity contribution in [3.8, 4) is 0 Å². The number of hydrogen-bond acceptors (Lipinski definition) is 3. The fourth-order valence-electron chi connectivity index (χ4n) is 4.70. The number of hydrogen-bond donors (Lipinski definition) is 1. The molecule has 1 amide bonds. The Hall–Kier alpha value is -3.12. The van der Waals surface area contributed by atoms with Crippen molar-refractivity contribution >= 4 is 27.3 Å². The van der Waals surface area contributed by atoms with Crippen LogP contribution >= 0.6 is 0 Å². The first kappa shape index (κ1) is 20.8. The number of benzene rings is 3. The number of sulfonamides is 1. The van der Waals surface area contributed by atoms with E-state index in [1.807, 2.05) is 54.6 Å². The zero-order chi connectivity index (χ0) is 22.1. The van der Waals surface area contributed by atoms with Gasteiger partial charge in [0, 0.05) is 23.5 Å². The van der Waals surface area contributed by atoms with Crippen LogP contribution in [0, 0.1) is 0 Å². The topological polar surface area (TPSA) is 66.5 Å². The van der Waals surface area contributed by atoms with Crippen molar-refractivity contribution in [1.82, 2.24) is 0 Å². The zero-order valence-electron chi connectivity index (χ0n) is 17.9. The fraction of sp³-hybridized carbons (Fsp3) is 0.269. The minimum atomic E-state index is -3.68. The van der Waals surface area contributed by atoms with Crippen molar-refractivity contribution in [3.63, 3.8) is 0 Å². The van der Waals surface area contributed by atoms with Gasteiger partial charge in [0.05, 0.1) is 4.90 Å². The van der Waals surface area contributed by atoms with Gasteiger partial charge < -0.3 is 4.90 Å². The molecule has 0 atom stereocenters. The maximum absolute atomic E-state index is 13.0. The summed E-state index contributed by atoms with van der Waals surface area (Å²) in [6.45, 7) is 0.654. The Labute approximate surface area is 189 Å². The molecule has 32 heavy (non-hydrogen) atoms. The van der Waals surface area contributed by atoms with Gasteiger partial charge in [-0.3, -0.25) is 9.52 Å². The smallest absolute Gasteiger partial charge is 0.261 e. The molecule has 0 saturated heterocycles. The molecular weight excluding hydrogens is 420 g/mol. The molecule has 0 aromatic heterocycles. The summed E-state index contributed by atoms with van der Waals surface area (Å²) in [5, 5.41) is 0. The molecule has 1 aliphatic heterocycles. The van der Waals surface area contributed by atoms with Crippen molar-refractivity contribution < 1.29 is 13.2 Å². The van der Waals surface area contributed by atoms with Gasteiger partial charge >= 0.3 is 0 Å². The van der Waals surface area contributed by atoms with Gasteiger partial charge in [-0.05, 0) is 97.7 Å². The Bertz CT molecular complexity index is 1270. The molecule has 0 fully saturated rings. The van der Waals surface area contributed by atoms with Gasteiger partial charge in [0.15, 0.2) is 0 Å². The Morgan fingerprint density at radius 1 is 0.781 bits per heavy atom. The SMILES string of the molecule is O=C(c1ccccc1)N1CCCc2cc(NS(=O)(=O)c3ccc4c(c3)CCCC4)ccc21. The molecule has 3 aromatic rings. The van der Waals surface area contributed by atoms with E-state index in [4.69, 9.17) is 0 Å². The molecular formula is C26H26N2O3S. The van der Waals surface area contributed by atoms with Crippen LogP contribution in [0.2, 0.25) is 0 Å². The van der Waals surface area contributed by atoms with E-state index in [2.05, 4.69) is 4.72 Å². The lowest BCUT2D eigenvalue weighted by atomic mass is 9.92. The Kier molecular flexibility index (Phi) is 5.47. The Morgan fingerprint density at radius 2 is 1.53 bits per heavy atom. The van der Waals surface area contributed by atoms with Gasteiger partial charge in [-0.1, -0.05) is 24.3 Å². The van der Waals surface area contributed by atoms with Crippen LogP contribution in [-0.2, 0) is 29.3 Å². The summed E-state index contributed by atoms with van der Waals surface area (Å²) in [5.74, 6) is -0.0334.